The summed E-state index contributed by atoms with van der Waals surface area (Å²) in [5.41, 5.74) is -0.285. The van der Waals surface area contributed by atoms with Gasteiger partial charge in [0, 0.05) is 4.90 Å². The van der Waals surface area contributed by atoms with E-state index in [9.17, 15) is 18.0 Å². The van der Waals surface area contributed by atoms with Gasteiger partial charge in [-0.1, -0.05) is 30.3 Å². The van der Waals surface area contributed by atoms with Crippen LogP contribution in [0, 0.1) is 0 Å². The number of rotatable bonds is 5. The van der Waals surface area contributed by atoms with E-state index in [1.165, 1.54) is 17.8 Å². The van der Waals surface area contributed by atoms with Crippen molar-refractivity contribution in [3.8, 4) is 0 Å². The minimum atomic E-state index is -4.39. The van der Waals surface area contributed by atoms with Gasteiger partial charge < -0.3 is 5.32 Å². The van der Waals surface area contributed by atoms with Gasteiger partial charge in [-0.05, 0) is 36.8 Å². The number of halogens is 3. The average Bonchev–Trinajstić information content (AvgIpc) is 2.53. The number of carbonyl (C=O) groups is 1. The lowest BCUT2D eigenvalue weighted by molar-refractivity contribution is -0.137. The predicted molar refractivity (Wildman–Crippen MR) is 85.2 cm³/mol. The number of nitrogens with one attached hydrogen (secondary N) is 1. The molecule has 0 aliphatic carbocycles. The Hall–Kier alpha value is -1.95. The van der Waals surface area contributed by atoms with Crippen LogP contribution in [0.25, 0.3) is 0 Å². The Morgan fingerprint density at radius 1 is 1.13 bits per heavy atom. The summed E-state index contributed by atoms with van der Waals surface area (Å²) in [6.07, 6.45) is -4.39. The average molecular weight is 339 g/mol. The van der Waals surface area contributed by atoms with Crippen molar-refractivity contribution in [2.45, 2.75) is 24.0 Å². The summed E-state index contributed by atoms with van der Waals surface area (Å²) in [7, 11) is 0. The Labute approximate surface area is 137 Å². The van der Waals surface area contributed by atoms with Gasteiger partial charge in [0.25, 0.3) is 0 Å². The van der Waals surface area contributed by atoms with E-state index in [4.69, 9.17) is 0 Å². The summed E-state index contributed by atoms with van der Waals surface area (Å²) >= 11 is 1.38. The molecule has 6 heteroatoms. The van der Waals surface area contributed by atoms with Gasteiger partial charge in [0.15, 0.2) is 0 Å². The summed E-state index contributed by atoms with van der Waals surface area (Å²) in [5.74, 6) is -0.00315. The first kappa shape index (κ1) is 17.4. The first-order chi connectivity index (χ1) is 10.9. The van der Waals surface area contributed by atoms with E-state index >= 15 is 0 Å². The third kappa shape index (κ3) is 5.32. The fourth-order valence-corrected chi connectivity index (χ4v) is 2.75. The fraction of sp³-hybridized carbons (Fsp3) is 0.235. The van der Waals surface area contributed by atoms with Crippen LogP contribution in [-0.4, -0.2) is 11.7 Å². The van der Waals surface area contributed by atoms with Crippen molar-refractivity contribution in [3.63, 3.8) is 0 Å². The highest BCUT2D eigenvalue weighted by molar-refractivity contribution is 8.00. The van der Waals surface area contributed by atoms with E-state index < -0.39 is 17.8 Å². The highest BCUT2D eigenvalue weighted by Crippen LogP contribution is 2.30. The van der Waals surface area contributed by atoms with E-state index in [0.29, 0.717) is 5.56 Å². The molecule has 2 aromatic carbocycles. The van der Waals surface area contributed by atoms with Gasteiger partial charge in [-0.3, -0.25) is 4.79 Å². The molecule has 0 aromatic heterocycles. The normalized spacial score (nSPS) is 12.7. The zero-order valence-electron chi connectivity index (χ0n) is 12.4. The molecule has 2 nitrogen and oxygen atoms in total. The zero-order valence-corrected chi connectivity index (χ0v) is 13.2. The first-order valence-electron chi connectivity index (χ1n) is 7.00. The number of alkyl halides is 3. The highest BCUT2D eigenvalue weighted by Gasteiger charge is 2.30. The Kier molecular flexibility index (Phi) is 5.71. The van der Waals surface area contributed by atoms with Crippen molar-refractivity contribution in [3.05, 3.63) is 65.7 Å². The molecule has 1 amide bonds. The molecule has 0 fully saturated rings. The van der Waals surface area contributed by atoms with Crippen LogP contribution in [0.3, 0.4) is 0 Å². The van der Waals surface area contributed by atoms with Gasteiger partial charge in [0.2, 0.25) is 5.91 Å². The minimum absolute atomic E-state index is 0.216. The maximum absolute atomic E-state index is 12.7. The minimum Gasteiger partial charge on any atom is -0.349 e. The standard InChI is InChI=1S/C17H16F3NOS/c1-12(13-6-5-7-14(10-13)17(18,19)20)21-16(22)11-23-15-8-3-2-4-9-15/h2-10,12H,11H2,1H3,(H,21,22). The molecule has 1 atom stereocenters. The molecular formula is C17H16F3NOS. The second kappa shape index (κ2) is 7.55. The predicted octanol–water partition coefficient (Wildman–Crippen LogP) is 4.67. The van der Waals surface area contributed by atoms with Crippen LogP contribution in [0.4, 0.5) is 13.2 Å². The van der Waals surface area contributed by atoms with Gasteiger partial charge in [-0.25, -0.2) is 0 Å². The second-order valence-corrected chi connectivity index (χ2v) is 6.06. The lowest BCUT2D eigenvalue weighted by Gasteiger charge is -2.16. The van der Waals surface area contributed by atoms with Crippen molar-refractivity contribution < 1.29 is 18.0 Å². The Morgan fingerprint density at radius 2 is 1.83 bits per heavy atom. The van der Waals surface area contributed by atoms with Crippen LogP contribution < -0.4 is 5.32 Å². The fourth-order valence-electron chi connectivity index (χ4n) is 2.02. The molecular weight excluding hydrogens is 323 g/mol. The molecule has 0 bridgehead atoms. The molecule has 1 N–H and O–H groups in total. The number of amides is 1. The lowest BCUT2D eigenvalue weighted by Crippen LogP contribution is -2.28. The zero-order chi connectivity index (χ0) is 16.9. The van der Waals surface area contributed by atoms with E-state index in [2.05, 4.69) is 5.32 Å². The summed E-state index contributed by atoms with van der Waals surface area (Å²) in [5, 5.41) is 2.72. The van der Waals surface area contributed by atoms with Gasteiger partial charge in [0.05, 0.1) is 17.4 Å². The molecule has 0 heterocycles. The molecule has 0 saturated carbocycles. The first-order valence-corrected chi connectivity index (χ1v) is 7.99. The Bertz CT molecular complexity index is 658. The maximum atomic E-state index is 12.7. The number of carbonyl (C=O) groups excluding carboxylic acids is 1. The van der Waals surface area contributed by atoms with Crippen molar-refractivity contribution in [1.82, 2.24) is 5.32 Å². The van der Waals surface area contributed by atoms with Crippen LogP contribution in [0.1, 0.15) is 24.1 Å². The second-order valence-electron chi connectivity index (χ2n) is 5.01. The molecule has 122 valence electrons. The Morgan fingerprint density at radius 3 is 2.48 bits per heavy atom. The Balaban J connectivity index is 1.93. The monoisotopic (exact) mass is 339 g/mol. The molecule has 0 radical (unpaired) electrons. The number of hydrogen-bond donors (Lipinski definition) is 1. The molecule has 2 rings (SSSR count). The van der Waals surface area contributed by atoms with Crippen LogP contribution in [0.5, 0.6) is 0 Å². The van der Waals surface area contributed by atoms with Crippen molar-refractivity contribution >= 4 is 17.7 Å². The third-order valence-corrected chi connectivity index (χ3v) is 4.22. The summed E-state index contributed by atoms with van der Waals surface area (Å²) in [4.78, 5) is 12.9. The van der Waals surface area contributed by atoms with Crippen LogP contribution in [0.2, 0.25) is 0 Å². The van der Waals surface area contributed by atoms with Crippen molar-refractivity contribution in [2.24, 2.45) is 0 Å². The summed E-state index contributed by atoms with van der Waals surface area (Å²) in [6.45, 7) is 1.67. The van der Waals surface area contributed by atoms with Gasteiger partial charge in [-0.15, -0.1) is 11.8 Å². The molecule has 1 unspecified atom stereocenters. The van der Waals surface area contributed by atoms with Crippen LogP contribution in [0.15, 0.2) is 59.5 Å². The largest absolute Gasteiger partial charge is 0.416 e. The SMILES string of the molecule is CC(NC(=O)CSc1ccccc1)c1cccc(C(F)(F)F)c1. The topological polar surface area (TPSA) is 29.1 Å². The molecule has 0 saturated heterocycles. The maximum Gasteiger partial charge on any atom is 0.416 e. The summed E-state index contributed by atoms with van der Waals surface area (Å²) in [6, 6.07) is 14.0. The number of thioether (sulfide) groups is 1. The van der Waals surface area contributed by atoms with Crippen LogP contribution >= 0.6 is 11.8 Å². The molecule has 0 aliphatic rings. The van der Waals surface area contributed by atoms with Crippen molar-refractivity contribution in [2.75, 3.05) is 5.75 Å². The smallest absolute Gasteiger partial charge is 0.349 e. The van der Waals surface area contributed by atoms with Gasteiger partial charge in [-0.2, -0.15) is 13.2 Å². The van der Waals surface area contributed by atoms with Gasteiger partial charge >= 0.3 is 6.18 Å². The van der Waals surface area contributed by atoms with Crippen LogP contribution in [-0.2, 0) is 11.0 Å². The molecule has 0 aliphatic heterocycles. The van der Waals surface area contributed by atoms with E-state index in [0.717, 1.165) is 17.0 Å². The lowest BCUT2D eigenvalue weighted by atomic mass is 10.0. The highest BCUT2D eigenvalue weighted by atomic mass is 32.2. The quantitative estimate of drug-likeness (QED) is 0.802. The van der Waals surface area contributed by atoms with E-state index in [1.807, 2.05) is 30.3 Å². The number of benzene rings is 2. The molecule has 0 spiro atoms. The third-order valence-electron chi connectivity index (χ3n) is 3.20. The molecule has 23 heavy (non-hydrogen) atoms. The summed E-state index contributed by atoms with van der Waals surface area (Å²) < 4.78 is 38.1. The van der Waals surface area contributed by atoms with Crippen molar-refractivity contribution in [1.29, 1.82) is 0 Å². The van der Waals surface area contributed by atoms with Gasteiger partial charge in [0.1, 0.15) is 0 Å². The number of hydrogen-bond acceptors (Lipinski definition) is 2. The van der Waals surface area contributed by atoms with E-state index in [1.54, 1.807) is 13.0 Å². The van der Waals surface area contributed by atoms with E-state index in [-0.39, 0.29) is 11.7 Å². The molecule has 2 aromatic rings.